The van der Waals surface area contributed by atoms with Crippen molar-refractivity contribution in [1.82, 2.24) is 10.3 Å². The molecule has 1 aromatic carbocycles. The van der Waals surface area contributed by atoms with Crippen LogP contribution in [0.1, 0.15) is 35.8 Å². The van der Waals surface area contributed by atoms with Gasteiger partial charge in [0.15, 0.2) is 12.4 Å². The van der Waals surface area contributed by atoms with Gasteiger partial charge >= 0.3 is 0 Å². The fourth-order valence-corrected chi connectivity index (χ4v) is 1.93. The summed E-state index contributed by atoms with van der Waals surface area (Å²) >= 11 is 0. The average molecular weight is 298 g/mol. The fourth-order valence-electron chi connectivity index (χ4n) is 1.93. The van der Waals surface area contributed by atoms with E-state index in [1.165, 1.54) is 6.92 Å². The van der Waals surface area contributed by atoms with Gasteiger partial charge in [-0.15, -0.1) is 0 Å². The molecule has 2 aromatic rings. The molecule has 0 radical (unpaired) electrons. The number of ketones is 1. The van der Waals surface area contributed by atoms with Crippen molar-refractivity contribution in [2.45, 2.75) is 19.9 Å². The first-order valence-electron chi connectivity index (χ1n) is 6.99. The molecule has 0 saturated carbocycles. The molecule has 1 N–H and O–H groups in total. The van der Waals surface area contributed by atoms with Crippen LogP contribution in [0.5, 0.6) is 5.75 Å². The van der Waals surface area contributed by atoms with Crippen molar-refractivity contribution in [3.63, 3.8) is 0 Å². The highest BCUT2D eigenvalue weighted by Crippen LogP contribution is 2.13. The second kappa shape index (κ2) is 7.36. The maximum Gasteiger partial charge on any atom is 0.258 e. The minimum absolute atomic E-state index is 0.00501. The minimum Gasteiger partial charge on any atom is -0.484 e. The molecule has 1 amide bonds. The van der Waals surface area contributed by atoms with Gasteiger partial charge in [-0.05, 0) is 49.7 Å². The van der Waals surface area contributed by atoms with E-state index in [9.17, 15) is 9.59 Å². The molecule has 5 heteroatoms. The highest BCUT2D eigenvalue weighted by atomic mass is 16.5. The van der Waals surface area contributed by atoms with Crippen LogP contribution in [0.25, 0.3) is 0 Å². The lowest BCUT2D eigenvalue weighted by Crippen LogP contribution is -2.31. The summed E-state index contributed by atoms with van der Waals surface area (Å²) in [5.41, 5.74) is 1.55. The van der Waals surface area contributed by atoms with Gasteiger partial charge in [-0.25, -0.2) is 0 Å². The second-order valence-corrected chi connectivity index (χ2v) is 4.94. The number of nitrogens with one attached hydrogen (secondary N) is 1. The number of amides is 1. The molecule has 2 rings (SSSR count). The van der Waals surface area contributed by atoms with E-state index in [0.29, 0.717) is 11.3 Å². The van der Waals surface area contributed by atoms with E-state index >= 15 is 0 Å². The molecule has 0 aliphatic heterocycles. The molecule has 5 nitrogen and oxygen atoms in total. The quantitative estimate of drug-likeness (QED) is 0.832. The summed E-state index contributed by atoms with van der Waals surface area (Å²) in [4.78, 5) is 27.1. The smallest absolute Gasteiger partial charge is 0.258 e. The Bertz CT molecular complexity index is 639. The molecular weight excluding hydrogens is 280 g/mol. The summed E-state index contributed by atoms with van der Waals surface area (Å²) in [7, 11) is 0. The number of pyridine rings is 1. The molecule has 22 heavy (non-hydrogen) atoms. The monoisotopic (exact) mass is 298 g/mol. The van der Waals surface area contributed by atoms with Crippen molar-refractivity contribution in [1.29, 1.82) is 0 Å². The number of carbonyl (C=O) groups is 2. The Hall–Kier alpha value is -2.69. The molecule has 0 bridgehead atoms. The number of benzene rings is 1. The molecule has 0 saturated heterocycles. The molecule has 0 spiro atoms. The molecule has 1 unspecified atom stereocenters. The van der Waals surface area contributed by atoms with E-state index < -0.39 is 0 Å². The number of carbonyl (C=O) groups excluding carboxylic acids is 2. The third kappa shape index (κ3) is 4.41. The maximum absolute atomic E-state index is 11.9. The van der Waals surface area contributed by atoms with Crippen LogP contribution in [0.2, 0.25) is 0 Å². The van der Waals surface area contributed by atoms with E-state index in [2.05, 4.69) is 10.3 Å². The third-order valence-corrected chi connectivity index (χ3v) is 3.19. The number of ether oxygens (including phenoxy) is 1. The Kier molecular flexibility index (Phi) is 5.25. The standard InChI is InChI=1S/C17H18N2O3/c1-12(15-4-3-9-18-10-15)19-17(21)11-22-16-7-5-14(6-8-16)13(2)20/h3-10,12H,11H2,1-2H3,(H,19,21). The van der Waals surface area contributed by atoms with Gasteiger partial charge in [-0.3, -0.25) is 14.6 Å². The van der Waals surface area contributed by atoms with Crippen LogP contribution in [-0.2, 0) is 4.79 Å². The SMILES string of the molecule is CC(=O)c1ccc(OCC(=O)NC(C)c2cccnc2)cc1. The van der Waals surface area contributed by atoms with E-state index in [4.69, 9.17) is 4.74 Å². The van der Waals surface area contributed by atoms with Crippen molar-refractivity contribution in [2.24, 2.45) is 0 Å². The summed E-state index contributed by atoms with van der Waals surface area (Å²) in [6.07, 6.45) is 3.40. The number of hydrogen-bond acceptors (Lipinski definition) is 4. The van der Waals surface area contributed by atoms with Crippen LogP contribution >= 0.6 is 0 Å². The zero-order valence-corrected chi connectivity index (χ0v) is 12.6. The predicted octanol–water partition coefficient (Wildman–Crippen LogP) is 2.54. The Morgan fingerprint density at radius 2 is 1.95 bits per heavy atom. The first kappa shape index (κ1) is 15.7. The highest BCUT2D eigenvalue weighted by Gasteiger charge is 2.10. The minimum atomic E-state index is -0.216. The summed E-state index contributed by atoms with van der Waals surface area (Å²) in [5, 5.41) is 2.84. The van der Waals surface area contributed by atoms with Crippen molar-refractivity contribution in [2.75, 3.05) is 6.61 Å². The van der Waals surface area contributed by atoms with E-state index in [0.717, 1.165) is 5.56 Å². The predicted molar refractivity (Wildman–Crippen MR) is 82.7 cm³/mol. The van der Waals surface area contributed by atoms with Crippen molar-refractivity contribution in [3.8, 4) is 5.75 Å². The van der Waals surface area contributed by atoms with Crippen LogP contribution in [0.4, 0.5) is 0 Å². The Morgan fingerprint density at radius 1 is 1.23 bits per heavy atom. The molecule has 0 aliphatic rings. The van der Waals surface area contributed by atoms with Crippen molar-refractivity contribution >= 4 is 11.7 Å². The number of rotatable bonds is 6. The number of nitrogens with zero attached hydrogens (tertiary/aromatic N) is 1. The van der Waals surface area contributed by atoms with Gasteiger partial charge in [0.2, 0.25) is 0 Å². The third-order valence-electron chi connectivity index (χ3n) is 3.19. The van der Waals surface area contributed by atoms with Crippen LogP contribution in [0.15, 0.2) is 48.8 Å². The lowest BCUT2D eigenvalue weighted by Gasteiger charge is -2.14. The van der Waals surface area contributed by atoms with E-state index in [1.807, 2.05) is 19.1 Å². The summed E-state index contributed by atoms with van der Waals surface area (Å²) < 4.78 is 5.40. The lowest BCUT2D eigenvalue weighted by atomic mass is 10.1. The maximum atomic E-state index is 11.9. The van der Waals surface area contributed by atoms with Gasteiger partial charge in [0.25, 0.3) is 5.91 Å². The lowest BCUT2D eigenvalue weighted by molar-refractivity contribution is -0.123. The number of aromatic nitrogens is 1. The van der Waals surface area contributed by atoms with Gasteiger partial charge < -0.3 is 10.1 Å². The molecular formula is C17H18N2O3. The summed E-state index contributed by atoms with van der Waals surface area (Å²) in [6, 6.07) is 10.3. The van der Waals surface area contributed by atoms with Gasteiger partial charge in [-0.1, -0.05) is 6.07 Å². The normalized spacial score (nSPS) is 11.5. The van der Waals surface area contributed by atoms with Gasteiger partial charge in [0, 0.05) is 18.0 Å². The average Bonchev–Trinajstić information content (AvgIpc) is 2.54. The number of Topliss-reactive ketones (excluding diaryl/α,β-unsaturated/α-hetero) is 1. The number of hydrogen-bond donors (Lipinski definition) is 1. The van der Waals surface area contributed by atoms with Crippen LogP contribution in [-0.4, -0.2) is 23.3 Å². The fraction of sp³-hybridized carbons (Fsp3) is 0.235. The van der Waals surface area contributed by atoms with Crippen molar-refractivity contribution in [3.05, 3.63) is 59.9 Å². The zero-order valence-electron chi connectivity index (χ0n) is 12.6. The summed E-state index contributed by atoms with van der Waals surface area (Å²) in [6.45, 7) is 3.31. The van der Waals surface area contributed by atoms with E-state index in [-0.39, 0.29) is 24.3 Å². The van der Waals surface area contributed by atoms with Crippen LogP contribution in [0.3, 0.4) is 0 Å². The topological polar surface area (TPSA) is 68.3 Å². The van der Waals surface area contributed by atoms with Crippen LogP contribution in [0, 0.1) is 0 Å². The van der Waals surface area contributed by atoms with E-state index in [1.54, 1.807) is 36.7 Å². The molecule has 1 heterocycles. The first-order valence-corrected chi connectivity index (χ1v) is 6.99. The molecule has 0 fully saturated rings. The Labute approximate surface area is 129 Å². The Balaban J connectivity index is 1.83. The van der Waals surface area contributed by atoms with Crippen LogP contribution < -0.4 is 10.1 Å². The summed E-state index contributed by atoms with van der Waals surface area (Å²) in [5.74, 6) is 0.329. The molecule has 1 atom stereocenters. The van der Waals surface area contributed by atoms with Gasteiger partial charge in [0.05, 0.1) is 6.04 Å². The van der Waals surface area contributed by atoms with Gasteiger partial charge in [-0.2, -0.15) is 0 Å². The molecule has 0 aliphatic carbocycles. The largest absolute Gasteiger partial charge is 0.484 e. The van der Waals surface area contributed by atoms with Crippen molar-refractivity contribution < 1.29 is 14.3 Å². The molecule has 114 valence electrons. The van der Waals surface area contributed by atoms with Gasteiger partial charge in [0.1, 0.15) is 5.75 Å². The molecule has 1 aromatic heterocycles. The Morgan fingerprint density at radius 3 is 2.55 bits per heavy atom. The first-order chi connectivity index (χ1) is 10.6. The second-order valence-electron chi connectivity index (χ2n) is 4.94. The highest BCUT2D eigenvalue weighted by molar-refractivity contribution is 5.94. The zero-order chi connectivity index (χ0) is 15.9.